The monoisotopic (exact) mass is 261 g/mol. The van der Waals surface area contributed by atoms with E-state index in [1.165, 1.54) is 0 Å². The van der Waals surface area contributed by atoms with Crippen LogP contribution in [0.2, 0.25) is 0 Å². The Balaban J connectivity index is 2.26. The van der Waals surface area contributed by atoms with Crippen LogP contribution in [-0.2, 0) is 5.54 Å². The van der Waals surface area contributed by atoms with E-state index >= 15 is 0 Å². The van der Waals surface area contributed by atoms with Gasteiger partial charge in [-0.2, -0.15) is 0 Å². The molecule has 18 heavy (non-hydrogen) atoms. The molecule has 1 heterocycles. The number of nitrogens with one attached hydrogen (secondary N) is 1. The van der Waals surface area contributed by atoms with Gasteiger partial charge in [0.2, 0.25) is 5.95 Å². The van der Waals surface area contributed by atoms with Crippen LogP contribution in [0.25, 0.3) is 0 Å². The fraction of sp³-hybridized carbons (Fsp3) is 0.286. The number of hydrogen-bond donors (Lipinski definition) is 1. The Labute approximate surface area is 112 Å². The first kappa shape index (κ1) is 12.8. The zero-order valence-electron chi connectivity index (χ0n) is 10.5. The molecule has 1 aromatic heterocycles. The number of hydrogen-bond acceptors (Lipinski definition) is 3. The summed E-state index contributed by atoms with van der Waals surface area (Å²) in [6.07, 6.45) is 3.57. The second-order valence-corrected chi connectivity index (χ2v) is 4.81. The Bertz CT molecular complexity index is 498. The Hall–Kier alpha value is -1.61. The van der Waals surface area contributed by atoms with Crippen LogP contribution in [0.4, 0.5) is 5.95 Å². The van der Waals surface area contributed by atoms with Crippen LogP contribution in [0.5, 0.6) is 0 Å². The lowest BCUT2D eigenvalue weighted by molar-refractivity contribution is 0.609. The van der Waals surface area contributed by atoms with Crippen LogP contribution in [0.3, 0.4) is 0 Å². The lowest BCUT2D eigenvalue weighted by Gasteiger charge is -2.29. The summed E-state index contributed by atoms with van der Waals surface area (Å²) in [6.45, 7) is 4.00. The number of halogens is 1. The van der Waals surface area contributed by atoms with Crippen molar-refractivity contribution in [1.29, 1.82) is 0 Å². The number of anilines is 1. The van der Waals surface area contributed by atoms with Crippen LogP contribution >= 0.6 is 11.6 Å². The molecule has 0 aliphatic rings. The van der Waals surface area contributed by atoms with Gasteiger partial charge < -0.3 is 5.32 Å². The quantitative estimate of drug-likeness (QED) is 0.858. The zero-order chi connectivity index (χ0) is 13.0. The minimum Gasteiger partial charge on any atom is -0.344 e. The largest absolute Gasteiger partial charge is 0.344 e. The smallest absolute Gasteiger partial charge is 0.223 e. The van der Waals surface area contributed by atoms with Crippen molar-refractivity contribution in [1.82, 2.24) is 9.97 Å². The molecule has 0 spiro atoms. The summed E-state index contributed by atoms with van der Waals surface area (Å²) >= 11 is 6.11. The van der Waals surface area contributed by atoms with Gasteiger partial charge >= 0.3 is 0 Å². The van der Waals surface area contributed by atoms with Gasteiger partial charge in [0, 0.05) is 18.3 Å². The van der Waals surface area contributed by atoms with Crippen molar-refractivity contribution < 1.29 is 0 Å². The molecule has 2 rings (SSSR count). The van der Waals surface area contributed by atoms with E-state index in [2.05, 4.69) is 15.3 Å². The third-order valence-electron chi connectivity index (χ3n) is 2.85. The summed E-state index contributed by atoms with van der Waals surface area (Å²) in [5, 5.41) is 3.29. The Kier molecular flexibility index (Phi) is 3.82. The van der Waals surface area contributed by atoms with E-state index < -0.39 is 0 Å². The number of aromatic nitrogens is 2. The normalized spacial score (nSPS) is 13.9. The lowest BCUT2D eigenvalue weighted by Crippen LogP contribution is -2.34. The zero-order valence-corrected chi connectivity index (χ0v) is 11.3. The molecule has 1 N–H and O–H groups in total. The average Bonchev–Trinajstić information content (AvgIpc) is 2.42. The molecule has 0 saturated heterocycles. The molecule has 1 unspecified atom stereocenters. The molecule has 0 radical (unpaired) electrons. The molecule has 0 aliphatic heterocycles. The SMILES string of the molecule is Cc1cnc(NC(C)(CCl)c2ccccc2)nc1. The first-order chi connectivity index (χ1) is 8.64. The predicted molar refractivity (Wildman–Crippen MR) is 74.9 cm³/mol. The highest BCUT2D eigenvalue weighted by atomic mass is 35.5. The minimum atomic E-state index is -0.377. The summed E-state index contributed by atoms with van der Waals surface area (Å²) in [5.41, 5.74) is 1.77. The Morgan fingerprint density at radius 2 is 1.78 bits per heavy atom. The summed E-state index contributed by atoms with van der Waals surface area (Å²) < 4.78 is 0. The second kappa shape index (κ2) is 5.36. The first-order valence-electron chi connectivity index (χ1n) is 5.82. The highest BCUT2D eigenvalue weighted by Gasteiger charge is 2.26. The van der Waals surface area contributed by atoms with E-state index in [-0.39, 0.29) is 5.54 Å². The summed E-state index contributed by atoms with van der Waals surface area (Å²) in [7, 11) is 0. The maximum atomic E-state index is 6.11. The summed E-state index contributed by atoms with van der Waals surface area (Å²) in [6, 6.07) is 10.1. The number of benzene rings is 1. The molecule has 0 amide bonds. The molecule has 4 heteroatoms. The van der Waals surface area contributed by atoms with Gasteiger partial charge in [0.15, 0.2) is 0 Å². The number of alkyl halides is 1. The van der Waals surface area contributed by atoms with Crippen LogP contribution in [0.15, 0.2) is 42.7 Å². The van der Waals surface area contributed by atoms with Gasteiger partial charge in [0.25, 0.3) is 0 Å². The fourth-order valence-electron chi connectivity index (χ4n) is 1.69. The lowest BCUT2D eigenvalue weighted by atomic mass is 9.94. The van der Waals surface area contributed by atoms with Crippen molar-refractivity contribution in [3.05, 3.63) is 53.9 Å². The molecular formula is C14H16ClN3. The van der Waals surface area contributed by atoms with Crippen LogP contribution in [0.1, 0.15) is 18.1 Å². The van der Waals surface area contributed by atoms with Crippen LogP contribution in [0, 0.1) is 6.92 Å². The molecule has 2 aromatic rings. The number of rotatable bonds is 4. The number of aryl methyl sites for hydroxylation is 1. The van der Waals surface area contributed by atoms with Gasteiger partial charge in [-0.25, -0.2) is 9.97 Å². The van der Waals surface area contributed by atoms with E-state index in [0.717, 1.165) is 11.1 Å². The van der Waals surface area contributed by atoms with E-state index in [9.17, 15) is 0 Å². The van der Waals surface area contributed by atoms with Crippen molar-refractivity contribution in [3.8, 4) is 0 Å². The van der Waals surface area contributed by atoms with Gasteiger partial charge in [-0.3, -0.25) is 0 Å². The van der Waals surface area contributed by atoms with Gasteiger partial charge in [-0.1, -0.05) is 30.3 Å². The van der Waals surface area contributed by atoms with Crippen molar-refractivity contribution in [2.75, 3.05) is 11.2 Å². The van der Waals surface area contributed by atoms with Gasteiger partial charge in [-0.15, -0.1) is 11.6 Å². The number of nitrogens with zero attached hydrogens (tertiary/aromatic N) is 2. The van der Waals surface area contributed by atoms with E-state index in [0.29, 0.717) is 11.8 Å². The molecule has 1 aromatic carbocycles. The third kappa shape index (κ3) is 2.79. The van der Waals surface area contributed by atoms with Crippen LogP contribution in [-0.4, -0.2) is 15.8 Å². The second-order valence-electron chi connectivity index (χ2n) is 4.54. The maximum Gasteiger partial charge on any atom is 0.223 e. The van der Waals surface area contributed by atoms with Gasteiger partial charge in [-0.05, 0) is 25.0 Å². The van der Waals surface area contributed by atoms with Crippen molar-refractivity contribution in [2.45, 2.75) is 19.4 Å². The molecule has 0 fully saturated rings. The maximum absolute atomic E-state index is 6.11. The third-order valence-corrected chi connectivity index (χ3v) is 3.38. The topological polar surface area (TPSA) is 37.8 Å². The molecule has 0 bridgehead atoms. The standard InChI is InChI=1S/C14H16ClN3/c1-11-8-16-13(17-9-11)18-14(2,10-15)12-6-4-3-5-7-12/h3-9H,10H2,1-2H3,(H,16,17,18). The van der Waals surface area contributed by atoms with Crippen molar-refractivity contribution in [2.24, 2.45) is 0 Å². The molecule has 1 atom stereocenters. The van der Waals surface area contributed by atoms with E-state index in [1.807, 2.05) is 44.2 Å². The fourth-order valence-corrected chi connectivity index (χ4v) is 1.91. The van der Waals surface area contributed by atoms with Crippen molar-refractivity contribution >= 4 is 17.5 Å². The summed E-state index contributed by atoms with van der Waals surface area (Å²) in [4.78, 5) is 8.51. The van der Waals surface area contributed by atoms with Gasteiger partial charge in [0.05, 0.1) is 5.54 Å². The average molecular weight is 262 g/mol. The first-order valence-corrected chi connectivity index (χ1v) is 6.36. The molecule has 3 nitrogen and oxygen atoms in total. The Morgan fingerprint density at radius 3 is 2.33 bits per heavy atom. The highest BCUT2D eigenvalue weighted by Crippen LogP contribution is 2.25. The van der Waals surface area contributed by atoms with Crippen LogP contribution < -0.4 is 5.32 Å². The van der Waals surface area contributed by atoms with Crippen molar-refractivity contribution in [3.63, 3.8) is 0 Å². The van der Waals surface area contributed by atoms with Gasteiger partial charge in [0.1, 0.15) is 0 Å². The minimum absolute atomic E-state index is 0.377. The highest BCUT2D eigenvalue weighted by molar-refractivity contribution is 6.18. The Morgan fingerprint density at radius 1 is 1.17 bits per heavy atom. The molecule has 0 saturated carbocycles. The summed E-state index contributed by atoms with van der Waals surface area (Å²) in [5.74, 6) is 1.03. The van der Waals surface area contributed by atoms with E-state index in [1.54, 1.807) is 12.4 Å². The molecule has 94 valence electrons. The van der Waals surface area contributed by atoms with E-state index in [4.69, 9.17) is 11.6 Å². The molecular weight excluding hydrogens is 246 g/mol. The predicted octanol–water partition coefficient (Wildman–Crippen LogP) is 3.35. The molecule has 0 aliphatic carbocycles.